The molecule has 13 heavy (non-hydrogen) atoms. The normalized spacial score (nSPS) is 10.8. The molecule has 68 valence electrons. The molecule has 0 fully saturated rings. The molecule has 0 atom stereocenters. The molecule has 4 heteroatoms. The summed E-state index contributed by atoms with van der Waals surface area (Å²) in [5, 5.41) is 29.8. The predicted molar refractivity (Wildman–Crippen MR) is 51.1 cm³/mol. The number of hydrogen-bond acceptors (Lipinski definition) is 4. The second kappa shape index (κ2) is 2.90. The van der Waals surface area contributed by atoms with E-state index in [0.717, 1.165) is 10.3 Å². The Morgan fingerprint density at radius 1 is 1.15 bits per heavy atom. The molecule has 0 saturated carbocycles. The molecule has 0 aliphatic heterocycles. The minimum Gasteiger partial charge on any atom is -0.507 e. The maximum Gasteiger partial charge on any atom is 0.137 e. The van der Waals surface area contributed by atoms with Crippen molar-refractivity contribution in [2.24, 2.45) is 0 Å². The van der Waals surface area contributed by atoms with E-state index in [1.54, 1.807) is 11.4 Å². The summed E-state index contributed by atoms with van der Waals surface area (Å²) in [6.07, 6.45) is 0. The monoisotopic (exact) mass is 196 g/mol. The van der Waals surface area contributed by atoms with Crippen LogP contribution in [0, 0.1) is 0 Å². The van der Waals surface area contributed by atoms with Crippen molar-refractivity contribution in [3.05, 3.63) is 23.1 Å². The van der Waals surface area contributed by atoms with Gasteiger partial charge in [-0.3, -0.25) is 0 Å². The topological polar surface area (TPSA) is 60.7 Å². The van der Waals surface area contributed by atoms with Gasteiger partial charge in [0.15, 0.2) is 0 Å². The van der Waals surface area contributed by atoms with Crippen LogP contribution >= 0.6 is 11.3 Å². The number of phenolic OH excluding ortho intramolecular Hbond substituents is 1. The first-order valence-electron chi connectivity index (χ1n) is 3.76. The zero-order valence-electron chi connectivity index (χ0n) is 6.69. The van der Waals surface area contributed by atoms with Crippen molar-refractivity contribution in [2.45, 2.75) is 6.61 Å². The van der Waals surface area contributed by atoms with Crippen molar-refractivity contribution in [2.75, 3.05) is 0 Å². The lowest BCUT2D eigenvalue weighted by atomic mass is 10.1. The molecule has 0 aliphatic carbocycles. The van der Waals surface area contributed by atoms with Gasteiger partial charge in [0.25, 0.3) is 0 Å². The third kappa shape index (κ3) is 1.15. The molecule has 0 radical (unpaired) electrons. The van der Waals surface area contributed by atoms with Crippen LogP contribution in [0.3, 0.4) is 0 Å². The van der Waals surface area contributed by atoms with Gasteiger partial charge in [-0.1, -0.05) is 6.07 Å². The highest BCUT2D eigenvalue weighted by molar-refractivity contribution is 7.17. The van der Waals surface area contributed by atoms with Gasteiger partial charge in [0.05, 0.1) is 12.0 Å². The molecule has 2 aromatic rings. The van der Waals surface area contributed by atoms with Crippen LogP contribution in [-0.2, 0) is 6.61 Å². The Morgan fingerprint density at radius 2 is 1.92 bits per heavy atom. The summed E-state index contributed by atoms with van der Waals surface area (Å²) in [6, 6.07) is 3.12. The highest BCUT2D eigenvalue weighted by Crippen LogP contribution is 2.39. The van der Waals surface area contributed by atoms with Crippen LogP contribution < -0.4 is 0 Å². The molecule has 3 nitrogen and oxygen atoms in total. The van der Waals surface area contributed by atoms with E-state index in [1.807, 2.05) is 0 Å². The van der Waals surface area contributed by atoms with E-state index in [2.05, 4.69) is 0 Å². The van der Waals surface area contributed by atoms with E-state index in [0.29, 0.717) is 5.39 Å². The Kier molecular flexibility index (Phi) is 1.86. The highest BCUT2D eigenvalue weighted by atomic mass is 32.1. The van der Waals surface area contributed by atoms with Gasteiger partial charge >= 0.3 is 0 Å². The van der Waals surface area contributed by atoms with Crippen LogP contribution in [0.1, 0.15) is 5.56 Å². The van der Waals surface area contributed by atoms with Crippen LogP contribution in [0.5, 0.6) is 11.5 Å². The number of aliphatic hydroxyl groups excluding tert-OH is 1. The van der Waals surface area contributed by atoms with Crippen molar-refractivity contribution in [1.29, 1.82) is 0 Å². The number of rotatable bonds is 1. The summed E-state index contributed by atoms with van der Waals surface area (Å²) >= 11 is 1.31. The molecule has 2 rings (SSSR count). The molecule has 1 heterocycles. The van der Waals surface area contributed by atoms with Crippen LogP contribution in [0.4, 0.5) is 0 Å². The lowest BCUT2D eigenvalue weighted by molar-refractivity contribution is 0.283. The lowest BCUT2D eigenvalue weighted by Gasteiger charge is -2.00. The van der Waals surface area contributed by atoms with Crippen LogP contribution in [-0.4, -0.2) is 15.3 Å². The number of fused-ring (bicyclic) bond motifs is 1. The minimum atomic E-state index is -0.0866. The number of phenols is 1. The van der Waals surface area contributed by atoms with Crippen molar-refractivity contribution >= 4 is 21.4 Å². The number of thiophene rings is 1. The average molecular weight is 196 g/mol. The fourth-order valence-corrected chi connectivity index (χ4v) is 2.25. The number of aliphatic hydroxyl groups is 1. The van der Waals surface area contributed by atoms with Crippen molar-refractivity contribution in [3.63, 3.8) is 0 Å². The Morgan fingerprint density at radius 3 is 2.62 bits per heavy atom. The Bertz CT molecular complexity index is 447. The minimum absolute atomic E-state index is 0.0472. The van der Waals surface area contributed by atoms with Gasteiger partial charge in [-0.2, -0.15) is 0 Å². The van der Waals surface area contributed by atoms with E-state index in [1.165, 1.54) is 17.4 Å². The van der Waals surface area contributed by atoms with E-state index < -0.39 is 0 Å². The second-order valence-electron chi connectivity index (χ2n) is 2.73. The number of benzene rings is 1. The summed E-state index contributed by atoms with van der Waals surface area (Å²) in [7, 11) is 0. The lowest BCUT2D eigenvalue weighted by Crippen LogP contribution is -1.82. The first-order chi connectivity index (χ1) is 6.24. The van der Waals surface area contributed by atoms with Gasteiger partial charge in [-0.15, -0.1) is 11.3 Å². The molecule has 0 amide bonds. The molecule has 3 N–H and O–H groups in total. The van der Waals surface area contributed by atoms with E-state index in [9.17, 15) is 10.2 Å². The Balaban J connectivity index is 2.87. The molecule has 1 aromatic carbocycles. The number of aromatic hydroxyl groups is 2. The predicted octanol–water partition coefficient (Wildman–Crippen LogP) is 1.80. The van der Waals surface area contributed by atoms with Crippen LogP contribution in [0.2, 0.25) is 0 Å². The SMILES string of the molecule is OCc1ccc(O)c2c(O)csc12. The van der Waals surface area contributed by atoms with E-state index >= 15 is 0 Å². The smallest absolute Gasteiger partial charge is 0.137 e. The molecular weight excluding hydrogens is 188 g/mol. The average Bonchev–Trinajstić information content (AvgIpc) is 2.50. The summed E-state index contributed by atoms with van der Waals surface area (Å²) in [4.78, 5) is 0. The van der Waals surface area contributed by atoms with Crippen molar-refractivity contribution in [1.82, 2.24) is 0 Å². The van der Waals surface area contributed by atoms with Gasteiger partial charge in [0.1, 0.15) is 11.5 Å². The summed E-state index contributed by atoms with van der Waals surface area (Å²) in [6.45, 7) is -0.0866. The first kappa shape index (κ1) is 8.34. The number of hydrogen-bond donors (Lipinski definition) is 3. The summed E-state index contributed by atoms with van der Waals surface area (Å²) in [5.74, 6) is 0.110. The van der Waals surface area contributed by atoms with Gasteiger partial charge in [-0.25, -0.2) is 0 Å². The zero-order valence-corrected chi connectivity index (χ0v) is 7.51. The third-order valence-corrected chi connectivity index (χ3v) is 2.98. The largest absolute Gasteiger partial charge is 0.507 e. The van der Waals surface area contributed by atoms with Crippen molar-refractivity contribution in [3.8, 4) is 11.5 Å². The van der Waals surface area contributed by atoms with Crippen molar-refractivity contribution < 1.29 is 15.3 Å². The zero-order chi connectivity index (χ0) is 9.42. The maximum atomic E-state index is 9.43. The molecule has 0 saturated heterocycles. The third-order valence-electron chi connectivity index (χ3n) is 1.93. The Labute approximate surface area is 78.5 Å². The molecule has 1 aromatic heterocycles. The van der Waals surface area contributed by atoms with Gasteiger partial charge in [0, 0.05) is 10.1 Å². The van der Waals surface area contributed by atoms with E-state index in [4.69, 9.17) is 5.11 Å². The highest BCUT2D eigenvalue weighted by Gasteiger charge is 2.10. The standard InChI is InChI=1S/C9H8O3S/c10-3-5-1-2-6(11)8-7(12)4-13-9(5)8/h1-2,4,10-12H,3H2. The quantitative estimate of drug-likeness (QED) is 0.651. The molecule has 0 bridgehead atoms. The fourth-order valence-electron chi connectivity index (χ4n) is 1.30. The fraction of sp³-hybridized carbons (Fsp3) is 0.111. The van der Waals surface area contributed by atoms with Crippen LogP contribution in [0.15, 0.2) is 17.5 Å². The summed E-state index contributed by atoms with van der Waals surface area (Å²) < 4.78 is 0.736. The molecule has 0 unspecified atom stereocenters. The van der Waals surface area contributed by atoms with E-state index in [-0.39, 0.29) is 18.1 Å². The van der Waals surface area contributed by atoms with Gasteiger partial charge in [0.2, 0.25) is 0 Å². The summed E-state index contributed by atoms with van der Waals surface area (Å²) in [5.41, 5.74) is 0.720. The van der Waals surface area contributed by atoms with Crippen LogP contribution in [0.25, 0.3) is 10.1 Å². The Hall–Kier alpha value is -1.26. The molecule has 0 spiro atoms. The second-order valence-corrected chi connectivity index (χ2v) is 3.61. The van der Waals surface area contributed by atoms with Gasteiger partial charge in [-0.05, 0) is 11.6 Å². The molecule has 0 aliphatic rings. The molecular formula is C9H8O3S. The van der Waals surface area contributed by atoms with Gasteiger partial charge < -0.3 is 15.3 Å². The maximum absolute atomic E-state index is 9.43. The first-order valence-corrected chi connectivity index (χ1v) is 4.64.